The molecule has 3 aromatic rings. The topological polar surface area (TPSA) is 46.4 Å². The van der Waals surface area contributed by atoms with Crippen molar-refractivity contribution in [3.63, 3.8) is 0 Å². The Morgan fingerprint density at radius 2 is 2.21 bits per heavy atom. The molecule has 2 heterocycles. The third-order valence-electron chi connectivity index (χ3n) is 4.34. The third kappa shape index (κ3) is 3.32. The fourth-order valence-electron chi connectivity index (χ4n) is 2.77. The second-order valence-electron chi connectivity index (χ2n) is 6.19. The highest BCUT2D eigenvalue weighted by Crippen LogP contribution is 2.40. The molecule has 1 fully saturated rings. The maximum absolute atomic E-state index is 12.1. The Labute approximate surface area is 149 Å². The van der Waals surface area contributed by atoms with Crippen LogP contribution in [0.5, 0.6) is 0 Å². The second kappa shape index (κ2) is 6.57. The fourth-order valence-corrected chi connectivity index (χ4v) is 3.88. The smallest absolute Gasteiger partial charge is 0.220 e. The molecule has 1 aromatic carbocycles. The first-order valence-electron chi connectivity index (χ1n) is 8.16. The van der Waals surface area contributed by atoms with Crippen molar-refractivity contribution in [2.75, 3.05) is 0 Å². The zero-order valence-electron chi connectivity index (χ0n) is 13.2. The van der Waals surface area contributed by atoms with Crippen LogP contribution in [0, 0.1) is 0 Å². The number of benzene rings is 1. The minimum absolute atomic E-state index is 0.0387. The number of halogens is 1. The maximum Gasteiger partial charge on any atom is 0.220 e. The first kappa shape index (κ1) is 15.7. The van der Waals surface area contributed by atoms with Crippen LogP contribution in [0.25, 0.3) is 4.96 Å². The number of nitrogens with zero attached hydrogens (tertiary/aromatic N) is 2. The maximum atomic E-state index is 12.1. The highest BCUT2D eigenvalue weighted by atomic mass is 35.5. The number of aromatic nitrogens is 2. The number of nitrogens with one attached hydrogen (secondary N) is 1. The van der Waals surface area contributed by atoms with Gasteiger partial charge in [-0.25, -0.2) is 4.98 Å². The molecule has 0 aliphatic heterocycles. The van der Waals surface area contributed by atoms with Crippen LogP contribution >= 0.6 is 22.9 Å². The van der Waals surface area contributed by atoms with Gasteiger partial charge in [-0.05, 0) is 30.9 Å². The number of carbonyl (C=O) groups excluding carboxylic acids is 1. The van der Waals surface area contributed by atoms with Crippen LogP contribution in [-0.2, 0) is 17.8 Å². The molecule has 0 saturated heterocycles. The lowest BCUT2D eigenvalue weighted by Crippen LogP contribution is -2.23. The Morgan fingerprint density at radius 3 is 3.00 bits per heavy atom. The van der Waals surface area contributed by atoms with E-state index in [2.05, 4.69) is 26.3 Å². The number of hydrogen-bond acceptors (Lipinski definition) is 3. The van der Waals surface area contributed by atoms with Gasteiger partial charge in [-0.2, -0.15) is 0 Å². The van der Waals surface area contributed by atoms with Gasteiger partial charge in [0.1, 0.15) is 0 Å². The van der Waals surface area contributed by atoms with E-state index in [1.807, 2.05) is 24.3 Å². The molecule has 0 bridgehead atoms. The lowest BCUT2D eigenvalue weighted by atomic mass is 10.2. The number of carbonyl (C=O) groups is 1. The quantitative estimate of drug-likeness (QED) is 0.717. The van der Waals surface area contributed by atoms with E-state index in [4.69, 9.17) is 11.6 Å². The van der Waals surface area contributed by atoms with E-state index in [9.17, 15) is 4.79 Å². The molecule has 1 saturated carbocycles. The molecule has 0 spiro atoms. The average Bonchev–Trinajstić information content (AvgIpc) is 3.23. The monoisotopic (exact) mass is 359 g/mol. The summed E-state index contributed by atoms with van der Waals surface area (Å²) in [6.45, 7) is 0.467. The first-order chi connectivity index (χ1) is 11.7. The molecule has 124 valence electrons. The number of hydrogen-bond donors (Lipinski definition) is 1. The van der Waals surface area contributed by atoms with Gasteiger partial charge in [-0.3, -0.25) is 9.20 Å². The van der Waals surface area contributed by atoms with E-state index in [0.717, 1.165) is 22.6 Å². The molecule has 24 heavy (non-hydrogen) atoms. The lowest BCUT2D eigenvalue weighted by molar-refractivity contribution is -0.121. The van der Waals surface area contributed by atoms with Crippen LogP contribution in [0.4, 0.5) is 0 Å². The normalized spacial score (nSPS) is 14.2. The van der Waals surface area contributed by atoms with Crippen LogP contribution in [0.15, 0.2) is 35.8 Å². The summed E-state index contributed by atoms with van der Waals surface area (Å²) in [5.74, 6) is 0.695. The second-order valence-corrected chi connectivity index (χ2v) is 7.43. The highest BCUT2D eigenvalue weighted by Gasteiger charge is 2.26. The van der Waals surface area contributed by atoms with Crippen molar-refractivity contribution >= 4 is 33.8 Å². The van der Waals surface area contributed by atoms with Crippen LogP contribution in [-0.4, -0.2) is 15.3 Å². The summed E-state index contributed by atoms with van der Waals surface area (Å²) in [4.78, 5) is 17.8. The van der Waals surface area contributed by atoms with Gasteiger partial charge in [-0.1, -0.05) is 29.8 Å². The van der Waals surface area contributed by atoms with E-state index in [-0.39, 0.29) is 5.91 Å². The minimum atomic E-state index is 0.0387. The van der Waals surface area contributed by atoms with Gasteiger partial charge in [0.15, 0.2) is 4.96 Å². The molecule has 2 aromatic heterocycles. The van der Waals surface area contributed by atoms with E-state index < -0.39 is 0 Å². The van der Waals surface area contributed by atoms with Gasteiger partial charge in [0.25, 0.3) is 0 Å². The lowest BCUT2D eigenvalue weighted by Gasteiger charge is -2.06. The van der Waals surface area contributed by atoms with Gasteiger partial charge in [0.05, 0.1) is 5.69 Å². The summed E-state index contributed by atoms with van der Waals surface area (Å²) in [6, 6.07) is 7.57. The number of fused-ring (bicyclic) bond motifs is 1. The van der Waals surface area contributed by atoms with Crippen LogP contribution in [0.3, 0.4) is 0 Å². The van der Waals surface area contributed by atoms with Crippen molar-refractivity contribution in [3.8, 4) is 0 Å². The number of aryl methyl sites for hydroxylation is 1. The van der Waals surface area contributed by atoms with Gasteiger partial charge in [0, 0.05) is 41.2 Å². The van der Waals surface area contributed by atoms with Crippen molar-refractivity contribution in [3.05, 3.63) is 57.8 Å². The summed E-state index contributed by atoms with van der Waals surface area (Å²) < 4.78 is 2.14. The zero-order valence-corrected chi connectivity index (χ0v) is 14.7. The van der Waals surface area contributed by atoms with Gasteiger partial charge in [-0.15, -0.1) is 11.3 Å². The highest BCUT2D eigenvalue weighted by molar-refractivity contribution is 7.15. The van der Waals surface area contributed by atoms with E-state index >= 15 is 0 Å². The molecule has 0 atom stereocenters. The predicted molar refractivity (Wildman–Crippen MR) is 96.7 cm³/mol. The average molecular weight is 360 g/mol. The largest absolute Gasteiger partial charge is 0.352 e. The summed E-state index contributed by atoms with van der Waals surface area (Å²) in [5, 5.41) is 5.72. The van der Waals surface area contributed by atoms with Gasteiger partial charge in [0.2, 0.25) is 5.91 Å². The Kier molecular flexibility index (Phi) is 4.29. The first-order valence-corrected chi connectivity index (χ1v) is 9.42. The molecule has 1 aliphatic rings. The van der Waals surface area contributed by atoms with Crippen molar-refractivity contribution in [2.45, 2.75) is 38.1 Å². The molecule has 4 rings (SSSR count). The molecule has 0 radical (unpaired) electrons. The van der Waals surface area contributed by atoms with Crippen LogP contribution in [0.1, 0.15) is 42.1 Å². The Bertz CT molecular complexity index is 881. The predicted octanol–water partition coefficient (Wildman–Crippen LogP) is 4.18. The van der Waals surface area contributed by atoms with Gasteiger partial charge < -0.3 is 5.32 Å². The number of rotatable bonds is 6. The molecular formula is C18H18ClN3OS. The number of thiazole rings is 1. The zero-order chi connectivity index (χ0) is 16.5. The van der Waals surface area contributed by atoms with Crippen molar-refractivity contribution in [1.29, 1.82) is 0 Å². The summed E-state index contributed by atoms with van der Waals surface area (Å²) in [6.07, 6.45) is 5.83. The van der Waals surface area contributed by atoms with E-state index in [1.54, 1.807) is 11.3 Å². The number of imidazole rings is 1. The van der Waals surface area contributed by atoms with Crippen LogP contribution in [0.2, 0.25) is 5.02 Å². The van der Waals surface area contributed by atoms with Gasteiger partial charge >= 0.3 is 0 Å². The molecule has 1 aliphatic carbocycles. The van der Waals surface area contributed by atoms with Crippen molar-refractivity contribution in [2.24, 2.45) is 0 Å². The molecule has 1 N–H and O–H groups in total. The Hall–Kier alpha value is -1.85. The standard InChI is InChI=1S/C18H18ClN3OS/c19-15-4-2-1-3-13(15)9-20-17(23)8-7-14-11-24-18-21-16(10-22(14)18)12-5-6-12/h1-4,10-12H,5-9H2,(H,20,23). The Morgan fingerprint density at radius 1 is 1.38 bits per heavy atom. The summed E-state index contributed by atoms with van der Waals surface area (Å²) >= 11 is 7.75. The minimum Gasteiger partial charge on any atom is -0.352 e. The Balaban J connectivity index is 1.34. The summed E-state index contributed by atoms with van der Waals surface area (Å²) in [7, 11) is 0. The van der Waals surface area contributed by atoms with Crippen molar-refractivity contribution < 1.29 is 4.79 Å². The molecule has 0 unspecified atom stereocenters. The molecular weight excluding hydrogens is 342 g/mol. The molecule has 6 heteroatoms. The molecule has 1 amide bonds. The van der Waals surface area contributed by atoms with Crippen molar-refractivity contribution in [1.82, 2.24) is 14.7 Å². The van der Waals surface area contributed by atoms with E-state index in [1.165, 1.54) is 18.5 Å². The summed E-state index contributed by atoms with van der Waals surface area (Å²) in [5.41, 5.74) is 3.29. The third-order valence-corrected chi connectivity index (χ3v) is 5.60. The molecule has 4 nitrogen and oxygen atoms in total. The van der Waals surface area contributed by atoms with E-state index in [0.29, 0.717) is 23.9 Å². The van der Waals surface area contributed by atoms with Crippen LogP contribution < -0.4 is 5.32 Å². The fraction of sp³-hybridized carbons (Fsp3) is 0.333. The number of amides is 1. The SMILES string of the molecule is O=C(CCc1csc2nc(C3CC3)cn12)NCc1ccccc1Cl.